The molecular weight excluding hydrogens is 150 g/mol. The maximum absolute atomic E-state index is 8.29. The zero-order valence-corrected chi connectivity index (χ0v) is 6.23. The van der Waals surface area contributed by atoms with E-state index in [9.17, 15) is 0 Å². The number of benzene rings is 1. The van der Waals surface area contributed by atoms with Crippen molar-refractivity contribution in [3.63, 3.8) is 0 Å². The van der Waals surface area contributed by atoms with Crippen LogP contribution < -0.4 is 10.6 Å². The van der Waals surface area contributed by atoms with E-state index in [1.54, 1.807) is 12.3 Å². The summed E-state index contributed by atoms with van der Waals surface area (Å²) in [4.78, 5) is 7.65. The van der Waals surface area contributed by atoms with Gasteiger partial charge in [0.2, 0.25) is 6.19 Å². The summed E-state index contributed by atoms with van der Waals surface area (Å²) < 4.78 is 0. The van der Waals surface area contributed by atoms with Crippen LogP contribution in [0.3, 0.4) is 0 Å². The Morgan fingerprint density at radius 2 is 2.17 bits per heavy atom. The summed E-state index contributed by atoms with van der Waals surface area (Å²) >= 11 is 0. The number of amidine groups is 1. The fraction of sp³-hybridized carbons (Fsp3) is 0. The smallest absolute Gasteiger partial charge is 0.207 e. The van der Waals surface area contributed by atoms with Gasteiger partial charge in [0.1, 0.15) is 0 Å². The highest BCUT2D eigenvalue weighted by Gasteiger charge is 1.99. The van der Waals surface area contributed by atoms with Gasteiger partial charge in [-0.15, -0.1) is 0 Å². The predicted octanol–water partition coefficient (Wildman–Crippen LogP) is -0.0201. The summed E-state index contributed by atoms with van der Waals surface area (Å²) in [6.45, 7) is 0. The Labute approximate surface area is 69.0 Å². The van der Waals surface area contributed by atoms with E-state index in [0.29, 0.717) is 5.84 Å². The Hall–Kier alpha value is -1.95. The Balaban J connectivity index is 2.70. The fourth-order valence-corrected chi connectivity index (χ4v) is 1.11. The van der Waals surface area contributed by atoms with Crippen molar-refractivity contribution in [2.45, 2.75) is 0 Å². The van der Waals surface area contributed by atoms with Crippen LogP contribution in [0.5, 0.6) is 0 Å². The molecule has 0 atom stereocenters. The monoisotopic (exact) mass is 155 g/mol. The molecule has 0 saturated carbocycles. The highest BCUT2D eigenvalue weighted by molar-refractivity contribution is 6.10. The minimum Gasteiger partial charge on any atom is -0.228 e. The van der Waals surface area contributed by atoms with Gasteiger partial charge in [-0.25, -0.2) is 4.99 Å². The number of aliphatic imine (C=N–C) groups is 1. The van der Waals surface area contributed by atoms with E-state index < -0.39 is 0 Å². The standard InChI is InChI=1S/C9H5N3/c10-6-11-9-5-7-3-1-2-4-8(7)12-9/h1-5H. The summed E-state index contributed by atoms with van der Waals surface area (Å²) in [7, 11) is 0. The van der Waals surface area contributed by atoms with Gasteiger partial charge in [-0.05, 0) is 12.1 Å². The lowest BCUT2D eigenvalue weighted by Gasteiger charge is -1.77. The van der Waals surface area contributed by atoms with E-state index in [0.717, 1.165) is 10.6 Å². The SMILES string of the molecule is N#CN=C1C=c2ccccc2=N1. The second-order valence-electron chi connectivity index (χ2n) is 2.38. The van der Waals surface area contributed by atoms with Crippen molar-refractivity contribution in [2.75, 3.05) is 0 Å². The first kappa shape index (κ1) is 6.74. The molecule has 2 rings (SSSR count). The van der Waals surface area contributed by atoms with Crippen molar-refractivity contribution in [3.05, 3.63) is 34.8 Å². The van der Waals surface area contributed by atoms with Gasteiger partial charge in [-0.3, -0.25) is 0 Å². The van der Waals surface area contributed by atoms with Gasteiger partial charge in [0.05, 0.1) is 5.36 Å². The van der Waals surface area contributed by atoms with Crippen LogP contribution in [0.15, 0.2) is 34.3 Å². The molecule has 1 aromatic rings. The van der Waals surface area contributed by atoms with Crippen molar-refractivity contribution in [1.29, 1.82) is 5.26 Å². The third-order valence-electron chi connectivity index (χ3n) is 1.62. The van der Waals surface area contributed by atoms with Gasteiger partial charge in [-0.1, -0.05) is 18.2 Å². The molecule has 3 heteroatoms. The molecule has 1 aliphatic heterocycles. The number of hydrogen-bond donors (Lipinski definition) is 0. The number of nitrogens with zero attached hydrogens (tertiary/aromatic N) is 3. The fourth-order valence-electron chi connectivity index (χ4n) is 1.11. The third-order valence-corrected chi connectivity index (χ3v) is 1.62. The molecule has 1 aliphatic rings. The zero-order chi connectivity index (χ0) is 8.39. The Morgan fingerprint density at radius 1 is 1.33 bits per heavy atom. The first-order valence-electron chi connectivity index (χ1n) is 3.52. The molecule has 3 nitrogen and oxygen atoms in total. The van der Waals surface area contributed by atoms with Gasteiger partial charge in [0.25, 0.3) is 0 Å². The first-order chi connectivity index (χ1) is 5.90. The summed E-state index contributed by atoms with van der Waals surface area (Å²) in [5, 5.41) is 10.2. The minimum atomic E-state index is 0.485. The topological polar surface area (TPSA) is 48.5 Å². The van der Waals surface area contributed by atoms with Crippen LogP contribution >= 0.6 is 0 Å². The molecule has 0 unspecified atom stereocenters. The molecule has 0 radical (unpaired) electrons. The van der Waals surface area contributed by atoms with Crippen molar-refractivity contribution >= 4 is 11.9 Å². The van der Waals surface area contributed by atoms with E-state index in [1.807, 2.05) is 24.3 Å². The molecule has 0 aliphatic carbocycles. The van der Waals surface area contributed by atoms with Crippen LogP contribution in [-0.4, -0.2) is 5.84 Å². The summed E-state index contributed by atoms with van der Waals surface area (Å²) in [6.07, 6.45) is 3.50. The van der Waals surface area contributed by atoms with Gasteiger partial charge in [-0.2, -0.15) is 10.3 Å². The lowest BCUT2D eigenvalue weighted by atomic mass is 10.3. The molecule has 0 spiro atoms. The molecule has 12 heavy (non-hydrogen) atoms. The Bertz CT molecular complexity index is 454. The Morgan fingerprint density at radius 3 is 2.92 bits per heavy atom. The van der Waals surface area contributed by atoms with Gasteiger partial charge >= 0.3 is 0 Å². The molecule has 1 aromatic carbocycles. The molecule has 0 saturated heterocycles. The highest BCUT2D eigenvalue weighted by Crippen LogP contribution is 1.86. The van der Waals surface area contributed by atoms with Crippen LogP contribution in [0.2, 0.25) is 0 Å². The zero-order valence-electron chi connectivity index (χ0n) is 6.23. The second-order valence-corrected chi connectivity index (χ2v) is 2.38. The van der Waals surface area contributed by atoms with E-state index in [-0.39, 0.29) is 0 Å². The first-order valence-corrected chi connectivity index (χ1v) is 3.52. The summed E-state index contributed by atoms with van der Waals surface area (Å²) in [5.41, 5.74) is 0. The van der Waals surface area contributed by atoms with Crippen LogP contribution in [0.4, 0.5) is 0 Å². The maximum Gasteiger partial charge on any atom is 0.207 e. The predicted molar refractivity (Wildman–Crippen MR) is 44.7 cm³/mol. The van der Waals surface area contributed by atoms with Gasteiger partial charge in [0, 0.05) is 5.22 Å². The van der Waals surface area contributed by atoms with Crippen molar-refractivity contribution in [1.82, 2.24) is 0 Å². The number of nitriles is 1. The van der Waals surface area contributed by atoms with E-state index in [2.05, 4.69) is 9.98 Å². The number of fused-ring (bicyclic) bond motifs is 1. The van der Waals surface area contributed by atoms with Crippen LogP contribution in [0, 0.1) is 11.5 Å². The largest absolute Gasteiger partial charge is 0.228 e. The number of hydrogen-bond acceptors (Lipinski definition) is 2. The van der Waals surface area contributed by atoms with Crippen molar-refractivity contribution in [2.24, 2.45) is 9.98 Å². The molecule has 0 amide bonds. The molecule has 56 valence electrons. The highest BCUT2D eigenvalue weighted by atomic mass is 14.9. The molecule has 1 heterocycles. The molecule has 0 bridgehead atoms. The summed E-state index contributed by atoms with van der Waals surface area (Å²) in [5.74, 6) is 0.485. The molecular formula is C9H5N3. The van der Waals surface area contributed by atoms with Crippen LogP contribution in [0.25, 0.3) is 6.08 Å². The van der Waals surface area contributed by atoms with Crippen LogP contribution in [0.1, 0.15) is 0 Å². The van der Waals surface area contributed by atoms with Crippen molar-refractivity contribution < 1.29 is 0 Å². The third kappa shape index (κ3) is 0.995. The van der Waals surface area contributed by atoms with Gasteiger partial charge in [0.15, 0.2) is 5.84 Å². The lowest BCUT2D eigenvalue weighted by molar-refractivity contribution is 1.37. The van der Waals surface area contributed by atoms with E-state index in [4.69, 9.17) is 5.26 Å². The van der Waals surface area contributed by atoms with Crippen molar-refractivity contribution in [3.8, 4) is 6.19 Å². The lowest BCUT2D eigenvalue weighted by Crippen LogP contribution is -2.19. The maximum atomic E-state index is 8.29. The van der Waals surface area contributed by atoms with E-state index >= 15 is 0 Å². The average Bonchev–Trinajstić information content (AvgIpc) is 2.47. The number of para-hydroxylation sites is 1. The normalized spacial score (nSPS) is 16.1. The molecule has 0 fully saturated rings. The minimum absolute atomic E-state index is 0.485. The van der Waals surface area contributed by atoms with E-state index in [1.165, 1.54) is 0 Å². The van der Waals surface area contributed by atoms with Gasteiger partial charge < -0.3 is 0 Å². The average molecular weight is 155 g/mol. The van der Waals surface area contributed by atoms with Crippen LogP contribution in [-0.2, 0) is 0 Å². The quantitative estimate of drug-likeness (QED) is 0.486. The molecule has 0 aromatic heterocycles. The summed E-state index contributed by atoms with van der Waals surface area (Å²) in [6, 6.07) is 7.68. The molecule has 0 N–H and O–H groups in total. The second kappa shape index (κ2) is 2.59. The number of rotatable bonds is 0. The Kier molecular flexibility index (Phi) is 1.45.